The molecule has 0 saturated heterocycles. The van der Waals surface area contributed by atoms with E-state index in [9.17, 15) is 24.6 Å². The number of hydrogen-bond donors (Lipinski definition) is 4. The van der Waals surface area contributed by atoms with E-state index in [0.29, 0.717) is 41.8 Å². The van der Waals surface area contributed by atoms with E-state index in [4.69, 9.17) is 14.2 Å². The molecule has 0 spiro atoms. The van der Waals surface area contributed by atoms with E-state index in [-0.39, 0.29) is 35.8 Å². The first-order chi connectivity index (χ1) is 22.1. The van der Waals surface area contributed by atoms with Crippen LogP contribution in [0.15, 0.2) is 42.0 Å². The highest BCUT2D eigenvalue weighted by Crippen LogP contribution is 2.52. The number of aryl methyl sites for hydroxylation is 1. The predicted molar refractivity (Wildman–Crippen MR) is 174 cm³/mol. The first-order valence-electron chi connectivity index (χ1n) is 16.7. The lowest BCUT2D eigenvalue weighted by Crippen LogP contribution is -2.45. The Morgan fingerprint density at radius 3 is 2.65 bits per heavy atom. The van der Waals surface area contributed by atoms with Gasteiger partial charge in [0.2, 0.25) is 11.8 Å². The van der Waals surface area contributed by atoms with Crippen molar-refractivity contribution in [2.75, 3.05) is 12.4 Å². The molecule has 2 amide bonds. The van der Waals surface area contributed by atoms with Crippen molar-refractivity contribution in [2.45, 2.75) is 115 Å². The second kappa shape index (κ2) is 14.9. The van der Waals surface area contributed by atoms with Gasteiger partial charge < -0.3 is 35.1 Å². The molecule has 46 heavy (non-hydrogen) atoms. The van der Waals surface area contributed by atoms with Gasteiger partial charge in [0.25, 0.3) is 0 Å². The van der Waals surface area contributed by atoms with Gasteiger partial charge in [-0.2, -0.15) is 0 Å². The van der Waals surface area contributed by atoms with Gasteiger partial charge in [-0.15, -0.1) is 0 Å². The summed E-state index contributed by atoms with van der Waals surface area (Å²) in [6.07, 6.45) is 13.2. The van der Waals surface area contributed by atoms with Crippen molar-refractivity contribution in [2.24, 2.45) is 11.8 Å². The summed E-state index contributed by atoms with van der Waals surface area (Å²) in [4.78, 5) is 38.8. The van der Waals surface area contributed by atoms with Crippen LogP contribution in [0.2, 0.25) is 0 Å². The van der Waals surface area contributed by atoms with Gasteiger partial charge in [-0.25, -0.2) is 4.79 Å². The van der Waals surface area contributed by atoms with Crippen molar-refractivity contribution in [3.63, 3.8) is 0 Å². The number of hydrogen-bond acceptors (Lipinski definition) is 8. The van der Waals surface area contributed by atoms with Crippen molar-refractivity contribution in [3.8, 4) is 11.5 Å². The smallest absolute Gasteiger partial charge is 0.328 e. The van der Waals surface area contributed by atoms with E-state index in [1.54, 1.807) is 14.0 Å². The number of aromatic hydroxyl groups is 1. The summed E-state index contributed by atoms with van der Waals surface area (Å²) in [5.41, 5.74) is 2.44. The molecule has 4 aliphatic rings. The predicted octanol–water partition coefficient (Wildman–Crippen LogP) is 4.98. The molecule has 5 rings (SSSR count). The Morgan fingerprint density at radius 2 is 1.91 bits per heavy atom. The average Bonchev–Trinajstić information content (AvgIpc) is 3.32. The van der Waals surface area contributed by atoms with Crippen LogP contribution >= 0.6 is 0 Å². The van der Waals surface area contributed by atoms with Gasteiger partial charge in [-0.05, 0) is 57.2 Å². The second-order valence-corrected chi connectivity index (χ2v) is 13.2. The Bertz CT molecular complexity index is 1390. The van der Waals surface area contributed by atoms with Crippen LogP contribution in [0.5, 0.6) is 11.5 Å². The van der Waals surface area contributed by atoms with Crippen molar-refractivity contribution in [3.05, 3.63) is 53.1 Å². The number of methoxy groups -OCH3 is 1. The number of aliphatic hydroxyl groups is 1. The summed E-state index contributed by atoms with van der Waals surface area (Å²) in [5, 5.41) is 28.3. The number of carbonyl (C=O) groups is 3. The first-order valence-corrected chi connectivity index (χ1v) is 16.7. The molecule has 1 aromatic carbocycles. The molecule has 3 aliphatic heterocycles. The number of rotatable bonds is 5. The lowest BCUT2D eigenvalue weighted by Gasteiger charge is -2.29. The summed E-state index contributed by atoms with van der Waals surface area (Å²) in [5.74, 6) is -1.09. The van der Waals surface area contributed by atoms with Crippen LogP contribution < -0.4 is 15.4 Å². The maximum Gasteiger partial charge on any atom is 0.328 e. The SMILES string of the molecule is CO[C@@H]1CC(=O)Nc2c(O)c3cc4c2[C@H]1[C@@H](/C=C/C=C/C[C@H](OC(=O)[C@@H](C)NC(=O)C1CCCCC1)[C@H](C)[C@@H](O)/C(C)=C\CC3)O4. The molecule has 7 atom stereocenters. The van der Waals surface area contributed by atoms with Gasteiger partial charge >= 0.3 is 5.97 Å². The minimum absolute atomic E-state index is 0.0136. The Morgan fingerprint density at radius 1 is 1.15 bits per heavy atom. The quantitative estimate of drug-likeness (QED) is 0.201. The molecule has 1 fully saturated rings. The minimum Gasteiger partial charge on any atom is -0.505 e. The number of phenolic OH excluding ortho intramolecular Hbond substituents is 1. The zero-order valence-corrected chi connectivity index (χ0v) is 27.3. The Hall–Kier alpha value is -3.63. The van der Waals surface area contributed by atoms with Crippen molar-refractivity contribution in [1.29, 1.82) is 0 Å². The van der Waals surface area contributed by atoms with Crippen molar-refractivity contribution < 1.29 is 38.8 Å². The molecule has 0 unspecified atom stereocenters. The minimum atomic E-state index is -0.890. The van der Waals surface area contributed by atoms with Gasteiger partial charge in [0, 0.05) is 36.5 Å². The normalized spacial score (nSPS) is 31.7. The van der Waals surface area contributed by atoms with E-state index in [0.717, 1.165) is 37.7 Å². The highest BCUT2D eigenvalue weighted by atomic mass is 16.5. The number of phenols is 1. The first kappa shape index (κ1) is 33.7. The third-order valence-corrected chi connectivity index (χ3v) is 9.99. The Kier molecular flexibility index (Phi) is 10.9. The van der Waals surface area contributed by atoms with E-state index in [1.165, 1.54) is 0 Å². The van der Waals surface area contributed by atoms with Crippen LogP contribution in [0.3, 0.4) is 0 Å². The molecular weight excluding hydrogens is 588 g/mol. The topological polar surface area (TPSA) is 143 Å². The third kappa shape index (κ3) is 7.33. The summed E-state index contributed by atoms with van der Waals surface area (Å²) < 4.78 is 18.1. The molecule has 3 heterocycles. The Labute approximate surface area is 271 Å². The number of carbonyl (C=O) groups excluding carboxylic acids is 3. The third-order valence-electron chi connectivity index (χ3n) is 9.99. The second-order valence-electron chi connectivity index (χ2n) is 13.2. The zero-order chi connectivity index (χ0) is 33.0. The van der Waals surface area contributed by atoms with Crippen LogP contribution in [0.25, 0.3) is 0 Å². The van der Waals surface area contributed by atoms with Crippen LogP contribution in [0.4, 0.5) is 5.69 Å². The number of allylic oxidation sites excluding steroid dienone is 3. The van der Waals surface area contributed by atoms with Crippen LogP contribution in [0.1, 0.15) is 89.2 Å². The Balaban J connectivity index is 1.38. The molecule has 250 valence electrons. The maximum atomic E-state index is 13.2. The van der Waals surface area contributed by atoms with Crippen molar-refractivity contribution >= 4 is 23.5 Å². The number of fused-ring (bicyclic) bond motifs is 3. The highest BCUT2D eigenvalue weighted by Gasteiger charge is 2.45. The summed E-state index contributed by atoms with van der Waals surface area (Å²) in [7, 11) is 1.57. The van der Waals surface area contributed by atoms with Crippen LogP contribution in [0, 0.1) is 11.8 Å². The standard InChI is InChI=1S/C36H48N2O8/c1-20-12-11-15-24-18-28-31-30(27(44-4)19-29(39)38-32(31)34(24)41)26(45-28)17-10-6-9-16-25(21(2)33(20)40)46-36(43)22(3)37-35(42)23-13-7-5-8-14-23/h6,9-10,12,17-18,21-23,25-27,30,33,40-41H,5,7-8,11,13-16,19H2,1-4H3,(H,37,42)(H,38,39)/b9-6+,17-10+,20-12-/t21-,22+,25-,26+,27+,30-,33-/m0/s1. The lowest BCUT2D eigenvalue weighted by molar-refractivity contribution is -0.156. The number of benzene rings is 1. The van der Waals surface area contributed by atoms with E-state index < -0.39 is 42.3 Å². The molecule has 1 aromatic rings. The number of anilines is 1. The van der Waals surface area contributed by atoms with Gasteiger partial charge in [0.1, 0.15) is 29.7 Å². The molecule has 10 heteroatoms. The van der Waals surface area contributed by atoms with Gasteiger partial charge in [-0.1, -0.05) is 50.5 Å². The number of amides is 2. The van der Waals surface area contributed by atoms with Crippen LogP contribution in [-0.4, -0.2) is 65.6 Å². The number of ether oxygens (including phenoxy) is 3. The summed E-state index contributed by atoms with van der Waals surface area (Å²) in [6, 6.07) is 1.02. The van der Waals surface area contributed by atoms with Gasteiger partial charge in [0.15, 0.2) is 0 Å². The molecule has 3 bridgehead atoms. The summed E-state index contributed by atoms with van der Waals surface area (Å²) in [6.45, 7) is 5.32. The summed E-state index contributed by atoms with van der Waals surface area (Å²) >= 11 is 0. The number of nitrogens with one attached hydrogen (secondary N) is 2. The van der Waals surface area contributed by atoms with Gasteiger partial charge in [-0.3, -0.25) is 9.59 Å². The van der Waals surface area contributed by atoms with Crippen molar-refractivity contribution in [1.82, 2.24) is 5.32 Å². The van der Waals surface area contributed by atoms with E-state index in [1.807, 2.05) is 50.3 Å². The lowest BCUT2D eigenvalue weighted by atomic mass is 9.86. The molecule has 10 nitrogen and oxygen atoms in total. The monoisotopic (exact) mass is 636 g/mol. The van der Waals surface area contributed by atoms with Crippen LogP contribution in [-0.2, 0) is 30.3 Å². The largest absolute Gasteiger partial charge is 0.505 e. The molecule has 1 aliphatic carbocycles. The molecule has 0 aromatic heterocycles. The zero-order valence-electron chi connectivity index (χ0n) is 27.3. The highest BCUT2D eigenvalue weighted by molar-refractivity contribution is 5.96. The molecule has 4 N–H and O–H groups in total. The van der Waals surface area contributed by atoms with Gasteiger partial charge in [0.05, 0.1) is 30.2 Å². The molecule has 1 saturated carbocycles. The fourth-order valence-electron chi connectivity index (χ4n) is 7.17. The number of aliphatic hydroxyl groups excluding tert-OH is 1. The number of esters is 1. The maximum absolute atomic E-state index is 13.2. The average molecular weight is 637 g/mol. The van der Waals surface area contributed by atoms with E-state index in [2.05, 4.69) is 10.6 Å². The fourth-order valence-corrected chi connectivity index (χ4v) is 7.17. The van der Waals surface area contributed by atoms with E-state index >= 15 is 0 Å². The molecule has 0 radical (unpaired) electrons. The molecular formula is C36H48N2O8. The fraction of sp³-hybridized carbons (Fsp3) is 0.583.